The average Bonchev–Trinajstić information content (AvgIpc) is 3.25. The van der Waals surface area contributed by atoms with Crippen LogP contribution in [0.3, 0.4) is 0 Å². The van der Waals surface area contributed by atoms with Crippen molar-refractivity contribution < 1.29 is 13.2 Å². The molecule has 1 aromatic carbocycles. The number of fused-ring (bicyclic) bond motifs is 1. The number of nitrogens with one attached hydrogen (secondary N) is 1. The molecule has 0 bridgehead atoms. The molecule has 0 aliphatic carbocycles. The van der Waals surface area contributed by atoms with Crippen LogP contribution in [0, 0.1) is 6.92 Å². The lowest BCUT2D eigenvalue weighted by Crippen LogP contribution is -2.35. The van der Waals surface area contributed by atoms with E-state index in [0.29, 0.717) is 17.8 Å². The smallest absolute Gasteiger partial charge is 0.261 e. The zero-order valence-corrected chi connectivity index (χ0v) is 15.9. The van der Waals surface area contributed by atoms with E-state index >= 15 is 0 Å². The molecule has 3 heterocycles. The minimum absolute atomic E-state index is 0.0322. The maximum atomic E-state index is 12.5. The van der Waals surface area contributed by atoms with Crippen LogP contribution in [0.25, 0.3) is 10.2 Å². The van der Waals surface area contributed by atoms with Gasteiger partial charge in [0.25, 0.3) is 5.91 Å². The second kappa shape index (κ2) is 6.51. The Bertz CT molecular complexity index is 1070. The Morgan fingerprint density at radius 2 is 2.12 bits per heavy atom. The number of thiophene rings is 1. The molecule has 1 aliphatic heterocycles. The van der Waals surface area contributed by atoms with Gasteiger partial charge in [-0.25, -0.2) is 8.42 Å². The quantitative estimate of drug-likeness (QED) is 0.743. The zero-order chi connectivity index (χ0) is 18.3. The van der Waals surface area contributed by atoms with Gasteiger partial charge in [0.2, 0.25) is 0 Å². The van der Waals surface area contributed by atoms with Crippen LogP contribution in [-0.2, 0) is 16.4 Å². The Morgan fingerprint density at radius 3 is 2.81 bits per heavy atom. The van der Waals surface area contributed by atoms with Gasteiger partial charge in [0.1, 0.15) is 4.83 Å². The van der Waals surface area contributed by atoms with Crippen LogP contribution in [0.15, 0.2) is 36.4 Å². The standard InChI is InChI=1S/C18H19N3O3S2/c1-12-15-9-16(17(22)19-14-7-8-26(23,24)11-14)25-18(15)21(20-12)10-13-5-3-2-4-6-13/h2-6,9,14H,7-8,10-11H2,1H3,(H,19,22)/t14-/m1/s1. The number of aryl methyl sites for hydroxylation is 1. The van der Waals surface area contributed by atoms with Crippen molar-refractivity contribution in [2.75, 3.05) is 11.5 Å². The molecule has 1 amide bonds. The van der Waals surface area contributed by atoms with Crippen LogP contribution in [0.4, 0.5) is 0 Å². The summed E-state index contributed by atoms with van der Waals surface area (Å²) in [6.07, 6.45) is 0.486. The molecule has 0 radical (unpaired) electrons. The minimum Gasteiger partial charge on any atom is -0.348 e. The highest BCUT2D eigenvalue weighted by Crippen LogP contribution is 2.29. The maximum absolute atomic E-state index is 12.5. The van der Waals surface area contributed by atoms with Crippen molar-refractivity contribution in [1.29, 1.82) is 0 Å². The highest BCUT2D eigenvalue weighted by Gasteiger charge is 2.29. The monoisotopic (exact) mass is 389 g/mol. The van der Waals surface area contributed by atoms with Crippen molar-refractivity contribution in [3.63, 3.8) is 0 Å². The summed E-state index contributed by atoms with van der Waals surface area (Å²) < 4.78 is 25.0. The fourth-order valence-electron chi connectivity index (χ4n) is 3.25. The molecule has 26 heavy (non-hydrogen) atoms. The van der Waals surface area contributed by atoms with Gasteiger partial charge < -0.3 is 5.32 Å². The van der Waals surface area contributed by atoms with Crippen LogP contribution in [-0.4, -0.2) is 41.7 Å². The fraction of sp³-hybridized carbons (Fsp3) is 0.333. The number of amides is 1. The molecule has 1 N–H and O–H groups in total. The molecule has 1 atom stereocenters. The third-order valence-electron chi connectivity index (χ3n) is 4.57. The van der Waals surface area contributed by atoms with Gasteiger partial charge in [0, 0.05) is 11.4 Å². The number of nitrogens with zero attached hydrogens (tertiary/aromatic N) is 2. The summed E-state index contributed by atoms with van der Waals surface area (Å²) in [5.74, 6) is -0.0288. The van der Waals surface area contributed by atoms with Crippen LogP contribution < -0.4 is 5.32 Å². The number of benzene rings is 1. The van der Waals surface area contributed by atoms with E-state index in [2.05, 4.69) is 10.4 Å². The Hall–Kier alpha value is -2.19. The van der Waals surface area contributed by atoms with E-state index in [1.165, 1.54) is 11.3 Å². The largest absolute Gasteiger partial charge is 0.348 e. The first-order chi connectivity index (χ1) is 12.4. The van der Waals surface area contributed by atoms with Crippen LogP contribution in [0.2, 0.25) is 0 Å². The summed E-state index contributed by atoms with van der Waals surface area (Å²) in [5, 5.41) is 8.40. The van der Waals surface area contributed by atoms with Crippen molar-refractivity contribution in [2.45, 2.75) is 25.9 Å². The van der Waals surface area contributed by atoms with E-state index < -0.39 is 9.84 Å². The molecule has 0 unspecified atom stereocenters. The van der Waals surface area contributed by atoms with E-state index in [9.17, 15) is 13.2 Å². The van der Waals surface area contributed by atoms with Gasteiger partial charge in [0.15, 0.2) is 9.84 Å². The van der Waals surface area contributed by atoms with E-state index in [1.54, 1.807) is 0 Å². The molecule has 8 heteroatoms. The van der Waals surface area contributed by atoms with Crippen molar-refractivity contribution in [3.05, 3.63) is 52.5 Å². The highest BCUT2D eigenvalue weighted by atomic mass is 32.2. The van der Waals surface area contributed by atoms with Gasteiger partial charge in [-0.1, -0.05) is 30.3 Å². The highest BCUT2D eigenvalue weighted by molar-refractivity contribution is 7.91. The van der Waals surface area contributed by atoms with Crippen LogP contribution in [0.1, 0.15) is 27.3 Å². The van der Waals surface area contributed by atoms with Gasteiger partial charge in [-0.05, 0) is 25.0 Å². The average molecular weight is 390 g/mol. The van der Waals surface area contributed by atoms with Gasteiger partial charge in [-0.2, -0.15) is 5.10 Å². The first-order valence-corrected chi connectivity index (χ1v) is 11.1. The molecule has 1 aliphatic rings. The summed E-state index contributed by atoms with van der Waals surface area (Å²) in [6, 6.07) is 11.6. The molecule has 0 spiro atoms. The Labute approximate surface area is 155 Å². The summed E-state index contributed by atoms with van der Waals surface area (Å²) in [7, 11) is -3.01. The Morgan fingerprint density at radius 1 is 1.35 bits per heavy atom. The summed E-state index contributed by atoms with van der Waals surface area (Å²) >= 11 is 1.39. The van der Waals surface area contributed by atoms with E-state index in [4.69, 9.17) is 0 Å². The molecule has 0 saturated carbocycles. The molecule has 4 rings (SSSR count). The van der Waals surface area contributed by atoms with Crippen LogP contribution in [0.5, 0.6) is 0 Å². The van der Waals surface area contributed by atoms with Gasteiger partial charge in [-0.15, -0.1) is 11.3 Å². The fourth-order valence-corrected chi connectivity index (χ4v) is 5.99. The molecule has 3 aromatic rings. The molecule has 1 saturated heterocycles. The number of carbonyl (C=O) groups is 1. The summed E-state index contributed by atoms with van der Waals surface area (Å²) in [5.41, 5.74) is 2.03. The number of rotatable bonds is 4. The second-order valence-electron chi connectivity index (χ2n) is 6.63. The molecule has 6 nitrogen and oxygen atoms in total. The van der Waals surface area contributed by atoms with Crippen molar-refractivity contribution in [1.82, 2.24) is 15.1 Å². The van der Waals surface area contributed by atoms with Gasteiger partial charge in [0.05, 0.1) is 28.6 Å². The maximum Gasteiger partial charge on any atom is 0.261 e. The first kappa shape index (κ1) is 17.2. The molecular formula is C18H19N3O3S2. The number of sulfone groups is 1. The molecule has 1 fully saturated rings. The third kappa shape index (κ3) is 3.39. The minimum atomic E-state index is -3.01. The Balaban J connectivity index is 1.57. The number of hydrogen-bond donors (Lipinski definition) is 1. The second-order valence-corrected chi connectivity index (χ2v) is 9.89. The van der Waals surface area contributed by atoms with Gasteiger partial charge in [-0.3, -0.25) is 9.48 Å². The third-order valence-corrected chi connectivity index (χ3v) is 7.49. The van der Waals surface area contributed by atoms with E-state index in [0.717, 1.165) is 21.5 Å². The number of aromatic nitrogens is 2. The molecular weight excluding hydrogens is 370 g/mol. The normalized spacial score (nSPS) is 19.0. The topological polar surface area (TPSA) is 81.1 Å². The van der Waals surface area contributed by atoms with Crippen molar-refractivity contribution in [2.24, 2.45) is 0 Å². The van der Waals surface area contributed by atoms with E-state index in [1.807, 2.05) is 48.0 Å². The summed E-state index contributed by atoms with van der Waals surface area (Å²) in [6.45, 7) is 2.58. The lowest BCUT2D eigenvalue weighted by Gasteiger charge is -2.09. The van der Waals surface area contributed by atoms with Gasteiger partial charge >= 0.3 is 0 Å². The first-order valence-electron chi connectivity index (χ1n) is 8.43. The summed E-state index contributed by atoms with van der Waals surface area (Å²) in [4.78, 5) is 14.1. The SMILES string of the molecule is Cc1nn(Cc2ccccc2)c2sc(C(=O)N[C@@H]3CCS(=O)(=O)C3)cc12. The van der Waals surface area contributed by atoms with Crippen LogP contribution >= 0.6 is 11.3 Å². The number of carbonyl (C=O) groups excluding carboxylic acids is 1. The lowest BCUT2D eigenvalue weighted by molar-refractivity contribution is 0.0945. The molecule has 136 valence electrons. The van der Waals surface area contributed by atoms with E-state index in [-0.39, 0.29) is 23.5 Å². The van der Waals surface area contributed by atoms with Crippen molar-refractivity contribution in [3.8, 4) is 0 Å². The number of hydrogen-bond acceptors (Lipinski definition) is 5. The zero-order valence-electron chi connectivity index (χ0n) is 14.3. The predicted octanol–water partition coefficient (Wildman–Crippen LogP) is 2.37. The lowest BCUT2D eigenvalue weighted by atomic mass is 10.2. The van der Waals surface area contributed by atoms with Crippen molar-refractivity contribution >= 4 is 37.3 Å². The Kier molecular flexibility index (Phi) is 4.32. The molecule has 2 aromatic heterocycles. The predicted molar refractivity (Wildman–Crippen MR) is 102 cm³/mol.